The number of para-hydroxylation sites is 1. The highest BCUT2D eigenvalue weighted by atomic mass is 35.5. The van der Waals surface area contributed by atoms with Crippen molar-refractivity contribution in [1.82, 2.24) is 14.3 Å². The molecule has 0 aliphatic rings. The zero-order valence-electron chi connectivity index (χ0n) is 16.4. The van der Waals surface area contributed by atoms with Gasteiger partial charge in [-0.2, -0.15) is 0 Å². The van der Waals surface area contributed by atoms with Gasteiger partial charge >= 0.3 is 0 Å². The van der Waals surface area contributed by atoms with Crippen molar-refractivity contribution < 1.29 is 0 Å². The molecule has 4 aromatic rings. The van der Waals surface area contributed by atoms with Gasteiger partial charge in [0.25, 0.3) is 0 Å². The van der Waals surface area contributed by atoms with E-state index in [4.69, 9.17) is 4.98 Å². The second kappa shape index (κ2) is 8.95. The summed E-state index contributed by atoms with van der Waals surface area (Å²) in [6.07, 6.45) is 1.84. The standard InChI is InChI=1S/C21H24N4O.2ClH/c1-4-18-23-16-11-10-15(22-12-7-13-24(2)3)19-20(16)25(18)17-9-6-5-8-14(17)21(19)26;;/h5-6,8-11,22H,4,7,12-13H2,1-3H3;2*1H. The van der Waals surface area contributed by atoms with Gasteiger partial charge in [0.1, 0.15) is 5.82 Å². The maximum absolute atomic E-state index is 13.3. The van der Waals surface area contributed by atoms with Crippen LogP contribution in [0.3, 0.4) is 0 Å². The summed E-state index contributed by atoms with van der Waals surface area (Å²) < 4.78 is 2.16. The molecule has 2 aromatic carbocycles. The van der Waals surface area contributed by atoms with Gasteiger partial charge in [-0.3, -0.25) is 9.20 Å². The minimum Gasteiger partial charge on any atom is -0.384 e. The number of anilines is 1. The molecule has 0 aliphatic carbocycles. The van der Waals surface area contributed by atoms with Crippen LogP contribution in [0.1, 0.15) is 19.2 Å². The molecule has 0 spiro atoms. The van der Waals surface area contributed by atoms with E-state index in [2.05, 4.69) is 35.6 Å². The van der Waals surface area contributed by atoms with Gasteiger partial charge < -0.3 is 10.2 Å². The molecule has 0 radical (unpaired) electrons. The Morgan fingerprint density at radius 1 is 1.11 bits per heavy atom. The monoisotopic (exact) mass is 420 g/mol. The first-order valence-electron chi connectivity index (χ1n) is 9.19. The van der Waals surface area contributed by atoms with E-state index >= 15 is 0 Å². The first-order valence-corrected chi connectivity index (χ1v) is 9.19. The Hall–Kier alpha value is -2.08. The summed E-state index contributed by atoms with van der Waals surface area (Å²) in [5, 5.41) is 4.97. The third kappa shape index (κ3) is 3.62. The Balaban J connectivity index is 0.00000140. The van der Waals surface area contributed by atoms with Gasteiger partial charge in [0.05, 0.1) is 21.9 Å². The van der Waals surface area contributed by atoms with E-state index in [0.29, 0.717) is 0 Å². The molecule has 0 bridgehead atoms. The zero-order valence-corrected chi connectivity index (χ0v) is 18.0. The highest BCUT2D eigenvalue weighted by Gasteiger charge is 2.18. The molecule has 4 rings (SSSR count). The second-order valence-electron chi connectivity index (χ2n) is 7.00. The Bertz CT molecular complexity index is 1140. The third-order valence-corrected chi connectivity index (χ3v) is 4.92. The van der Waals surface area contributed by atoms with Gasteiger partial charge in [0.2, 0.25) is 0 Å². The maximum Gasteiger partial charge on any atom is 0.199 e. The molecule has 2 heterocycles. The number of fused-ring (bicyclic) bond motifs is 2. The van der Waals surface area contributed by atoms with Gasteiger partial charge in [-0.1, -0.05) is 19.1 Å². The fraction of sp³-hybridized carbons (Fsp3) is 0.333. The van der Waals surface area contributed by atoms with Crippen molar-refractivity contribution in [2.24, 2.45) is 0 Å². The predicted octanol–water partition coefficient (Wildman–Crippen LogP) is 4.21. The lowest BCUT2D eigenvalue weighted by atomic mass is 10.1. The minimum absolute atomic E-state index is 0. The average Bonchev–Trinajstić information content (AvgIpc) is 3.02. The molecule has 0 atom stereocenters. The molecule has 28 heavy (non-hydrogen) atoms. The molecule has 1 N–H and O–H groups in total. The molecular formula is C21H26Cl2N4O. The molecule has 0 amide bonds. The maximum atomic E-state index is 13.3. The number of pyridine rings is 1. The van der Waals surface area contributed by atoms with Crippen LogP contribution in [0, 0.1) is 0 Å². The summed E-state index contributed by atoms with van der Waals surface area (Å²) in [5.74, 6) is 0.992. The molecule has 150 valence electrons. The van der Waals surface area contributed by atoms with E-state index in [9.17, 15) is 4.79 Å². The number of rotatable bonds is 6. The largest absolute Gasteiger partial charge is 0.384 e. The fourth-order valence-electron chi connectivity index (χ4n) is 3.70. The topological polar surface area (TPSA) is 49.6 Å². The van der Waals surface area contributed by atoms with Crippen LogP contribution in [0.2, 0.25) is 0 Å². The van der Waals surface area contributed by atoms with Crippen molar-refractivity contribution in [2.75, 3.05) is 32.5 Å². The minimum atomic E-state index is 0. The van der Waals surface area contributed by atoms with Gasteiger partial charge in [0.15, 0.2) is 5.43 Å². The number of benzene rings is 2. The lowest BCUT2D eigenvalue weighted by molar-refractivity contribution is 0.405. The fourth-order valence-corrected chi connectivity index (χ4v) is 3.70. The zero-order chi connectivity index (χ0) is 18.3. The SMILES string of the molecule is CCc1nc2ccc(NCCCN(C)C)c3c(=O)c4ccccc4n1c23.Cl.Cl. The van der Waals surface area contributed by atoms with Crippen molar-refractivity contribution in [3.8, 4) is 0 Å². The van der Waals surface area contributed by atoms with Gasteiger partial charge in [-0.05, 0) is 51.3 Å². The molecule has 0 saturated heterocycles. The number of hydrogen-bond acceptors (Lipinski definition) is 4. The van der Waals surface area contributed by atoms with Crippen LogP contribution in [0.25, 0.3) is 27.3 Å². The summed E-state index contributed by atoms with van der Waals surface area (Å²) in [4.78, 5) is 20.2. The van der Waals surface area contributed by atoms with Crippen molar-refractivity contribution in [1.29, 1.82) is 0 Å². The molecule has 0 saturated carbocycles. The Labute approximate surface area is 176 Å². The number of halogens is 2. The number of nitrogens with one attached hydrogen (secondary N) is 1. The smallest absolute Gasteiger partial charge is 0.199 e. The molecular weight excluding hydrogens is 395 g/mol. The second-order valence-corrected chi connectivity index (χ2v) is 7.00. The normalized spacial score (nSPS) is 11.1. The van der Waals surface area contributed by atoms with Crippen molar-refractivity contribution in [3.63, 3.8) is 0 Å². The van der Waals surface area contributed by atoms with Crippen molar-refractivity contribution >= 4 is 57.8 Å². The highest BCUT2D eigenvalue weighted by Crippen LogP contribution is 2.30. The van der Waals surface area contributed by atoms with E-state index in [-0.39, 0.29) is 30.2 Å². The quantitative estimate of drug-likeness (QED) is 0.374. The summed E-state index contributed by atoms with van der Waals surface area (Å²) >= 11 is 0. The molecule has 5 nitrogen and oxygen atoms in total. The number of imidazole rings is 1. The summed E-state index contributed by atoms with van der Waals surface area (Å²) in [5.41, 5.74) is 3.74. The Kier molecular flexibility index (Phi) is 7.10. The van der Waals surface area contributed by atoms with E-state index in [1.165, 1.54) is 0 Å². The molecule has 7 heteroatoms. The molecule has 2 aromatic heterocycles. The van der Waals surface area contributed by atoms with Crippen LogP contribution in [-0.2, 0) is 6.42 Å². The predicted molar refractivity (Wildman–Crippen MR) is 123 cm³/mol. The highest BCUT2D eigenvalue weighted by molar-refractivity contribution is 6.07. The summed E-state index contributed by atoms with van der Waals surface area (Å²) in [7, 11) is 4.14. The summed E-state index contributed by atoms with van der Waals surface area (Å²) in [6, 6.07) is 11.8. The van der Waals surface area contributed by atoms with Crippen molar-refractivity contribution in [3.05, 3.63) is 52.4 Å². The van der Waals surface area contributed by atoms with E-state index in [1.807, 2.05) is 36.4 Å². The molecule has 0 fully saturated rings. The van der Waals surface area contributed by atoms with E-state index in [1.54, 1.807) is 0 Å². The van der Waals surface area contributed by atoms with Crippen LogP contribution in [0.15, 0.2) is 41.2 Å². The van der Waals surface area contributed by atoms with Crippen LogP contribution < -0.4 is 10.7 Å². The first-order chi connectivity index (χ1) is 12.6. The number of nitrogens with zero attached hydrogens (tertiary/aromatic N) is 3. The third-order valence-electron chi connectivity index (χ3n) is 4.92. The van der Waals surface area contributed by atoms with Crippen LogP contribution >= 0.6 is 24.8 Å². The van der Waals surface area contributed by atoms with Crippen LogP contribution in [0.4, 0.5) is 5.69 Å². The summed E-state index contributed by atoms with van der Waals surface area (Å²) in [6.45, 7) is 3.95. The molecule has 0 unspecified atom stereocenters. The Morgan fingerprint density at radius 2 is 1.86 bits per heavy atom. The lowest BCUT2D eigenvalue weighted by Crippen LogP contribution is -2.17. The van der Waals surface area contributed by atoms with E-state index in [0.717, 1.165) is 64.8 Å². The van der Waals surface area contributed by atoms with Gasteiger partial charge in [0, 0.05) is 24.0 Å². The first kappa shape index (κ1) is 22.2. The molecule has 0 aliphatic heterocycles. The average molecular weight is 421 g/mol. The number of aryl methyl sites for hydroxylation is 1. The van der Waals surface area contributed by atoms with Gasteiger partial charge in [-0.25, -0.2) is 4.98 Å². The Morgan fingerprint density at radius 3 is 2.57 bits per heavy atom. The lowest BCUT2D eigenvalue weighted by Gasteiger charge is -2.13. The number of hydrogen-bond donors (Lipinski definition) is 1. The van der Waals surface area contributed by atoms with Crippen LogP contribution in [-0.4, -0.2) is 41.5 Å². The van der Waals surface area contributed by atoms with Gasteiger partial charge in [-0.15, -0.1) is 24.8 Å². The number of aromatic nitrogens is 2. The van der Waals surface area contributed by atoms with E-state index < -0.39 is 0 Å². The van der Waals surface area contributed by atoms with Crippen LogP contribution in [0.5, 0.6) is 0 Å². The van der Waals surface area contributed by atoms with Crippen molar-refractivity contribution in [2.45, 2.75) is 19.8 Å².